The Bertz CT molecular complexity index is 544. The molecule has 4 unspecified atom stereocenters. The van der Waals surface area contributed by atoms with Gasteiger partial charge in [-0.1, -0.05) is 0 Å². The predicted molar refractivity (Wildman–Crippen MR) is 73.3 cm³/mol. The predicted octanol–water partition coefficient (Wildman–Crippen LogP) is 2.81. The van der Waals surface area contributed by atoms with Crippen LogP contribution in [-0.2, 0) is 5.41 Å². The zero-order valence-electron chi connectivity index (χ0n) is 10.7. The van der Waals surface area contributed by atoms with Gasteiger partial charge in [-0.3, -0.25) is 9.88 Å². The molecule has 100 valence electrons. The van der Waals surface area contributed by atoms with E-state index in [-0.39, 0.29) is 12.1 Å². The number of alkyl halides is 1. The number of piperidine rings is 1. The van der Waals surface area contributed by atoms with Crippen LogP contribution in [0.25, 0.3) is 0 Å². The third-order valence-corrected chi connectivity index (χ3v) is 5.06. The maximum absolute atomic E-state index is 14.0. The highest BCUT2D eigenvalue weighted by Crippen LogP contribution is 2.47. The highest BCUT2D eigenvalue weighted by atomic mass is 79.9. The Morgan fingerprint density at radius 3 is 2.95 bits per heavy atom. The summed E-state index contributed by atoms with van der Waals surface area (Å²) in [6.07, 6.45) is 4.42. The molecule has 0 saturated carbocycles. The van der Waals surface area contributed by atoms with Gasteiger partial charge in [-0.05, 0) is 53.9 Å². The van der Waals surface area contributed by atoms with Crippen molar-refractivity contribution in [1.29, 1.82) is 5.26 Å². The van der Waals surface area contributed by atoms with Crippen molar-refractivity contribution in [3.8, 4) is 6.07 Å². The average Bonchev–Trinajstić information content (AvgIpc) is 2.58. The van der Waals surface area contributed by atoms with Crippen molar-refractivity contribution in [1.82, 2.24) is 9.88 Å². The number of hydrogen-bond acceptors (Lipinski definition) is 3. The van der Waals surface area contributed by atoms with Gasteiger partial charge in [0.1, 0.15) is 6.17 Å². The maximum Gasteiger partial charge on any atom is 0.117 e. The molecule has 3 heterocycles. The number of rotatable bonds is 1. The molecule has 2 aliphatic heterocycles. The van der Waals surface area contributed by atoms with Gasteiger partial charge in [0, 0.05) is 29.0 Å². The molecule has 4 atom stereocenters. The van der Waals surface area contributed by atoms with Crippen molar-refractivity contribution < 1.29 is 4.39 Å². The quantitative estimate of drug-likeness (QED) is 0.797. The third-order valence-electron chi connectivity index (χ3n) is 4.63. The minimum absolute atomic E-state index is 0.141. The molecule has 1 aromatic rings. The molecule has 0 radical (unpaired) electrons. The van der Waals surface area contributed by atoms with Gasteiger partial charge in [0.15, 0.2) is 0 Å². The average molecular weight is 324 g/mol. The topological polar surface area (TPSA) is 39.9 Å². The summed E-state index contributed by atoms with van der Waals surface area (Å²) in [4.78, 5) is 6.26. The van der Waals surface area contributed by atoms with Crippen LogP contribution in [0.5, 0.6) is 0 Å². The fourth-order valence-corrected chi connectivity index (χ4v) is 3.88. The summed E-state index contributed by atoms with van der Waals surface area (Å²) in [6, 6.07) is 4.41. The van der Waals surface area contributed by atoms with E-state index in [1.165, 1.54) is 0 Å². The van der Waals surface area contributed by atoms with Crippen molar-refractivity contribution in [2.75, 3.05) is 7.05 Å². The molecule has 3 rings (SSSR count). The van der Waals surface area contributed by atoms with E-state index in [9.17, 15) is 9.65 Å². The molecule has 0 amide bonds. The van der Waals surface area contributed by atoms with Crippen molar-refractivity contribution in [3.05, 3.63) is 28.5 Å². The minimum atomic E-state index is -0.815. The van der Waals surface area contributed by atoms with Gasteiger partial charge in [-0.2, -0.15) is 5.26 Å². The summed E-state index contributed by atoms with van der Waals surface area (Å²) in [5, 5.41) is 9.69. The highest BCUT2D eigenvalue weighted by Gasteiger charge is 2.52. The van der Waals surface area contributed by atoms with E-state index in [2.05, 4.69) is 31.9 Å². The van der Waals surface area contributed by atoms with Gasteiger partial charge in [0.25, 0.3) is 0 Å². The number of hydrogen-bond donors (Lipinski definition) is 0. The van der Waals surface area contributed by atoms with Gasteiger partial charge in [-0.15, -0.1) is 0 Å². The van der Waals surface area contributed by atoms with Crippen LogP contribution >= 0.6 is 15.9 Å². The van der Waals surface area contributed by atoms with Gasteiger partial charge >= 0.3 is 0 Å². The Morgan fingerprint density at radius 1 is 1.53 bits per heavy atom. The van der Waals surface area contributed by atoms with E-state index in [0.717, 1.165) is 10.0 Å². The first-order valence-corrected chi connectivity index (χ1v) is 7.23. The van der Waals surface area contributed by atoms with E-state index < -0.39 is 11.6 Å². The summed E-state index contributed by atoms with van der Waals surface area (Å²) in [5.41, 5.74) is 0.306. The molecule has 0 aliphatic carbocycles. The van der Waals surface area contributed by atoms with Gasteiger partial charge in [-0.25, -0.2) is 4.39 Å². The minimum Gasteiger partial charge on any atom is -0.297 e. The molecule has 2 saturated heterocycles. The summed E-state index contributed by atoms with van der Waals surface area (Å²) in [6.45, 7) is 0. The molecule has 2 fully saturated rings. The SMILES string of the molecule is CN1C2CC(F)C1CC(C#N)(c1cncc(Br)c1)C2. The Morgan fingerprint density at radius 2 is 2.32 bits per heavy atom. The number of aromatic nitrogens is 1. The number of halogens is 2. The van der Waals surface area contributed by atoms with Crippen LogP contribution in [0, 0.1) is 11.3 Å². The Balaban J connectivity index is 2.01. The van der Waals surface area contributed by atoms with Crippen molar-refractivity contribution >= 4 is 15.9 Å². The van der Waals surface area contributed by atoms with E-state index in [1.54, 1.807) is 12.4 Å². The fourth-order valence-electron chi connectivity index (χ4n) is 3.52. The summed E-state index contributed by atoms with van der Waals surface area (Å²) >= 11 is 3.40. The molecule has 0 aromatic carbocycles. The zero-order valence-corrected chi connectivity index (χ0v) is 12.3. The lowest BCUT2D eigenvalue weighted by Crippen LogP contribution is -2.48. The fraction of sp³-hybridized carbons (Fsp3) is 0.571. The van der Waals surface area contributed by atoms with Crippen LogP contribution < -0.4 is 0 Å². The smallest absolute Gasteiger partial charge is 0.117 e. The lowest BCUT2D eigenvalue weighted by atomic mass is 9.71. The molecule has 2 bridgehead atoms. The van der Waals surface area contributed by atoms with E-state index >= 15 is 0 Å². The molecule has 1 aromatic heterocycles. The van der Waals surface area contributed by atoms with Crippen LogP contribution in [0.2, 0.25) is 0 Å². The second kappa shape index (κ2) is 4.53. The molecule has 3 nitrogen and oxygen atoms in total. The second-order valence-corrected chi connectivity index (χ2v) is 6.55. The summed E-state index contributed by atoms with van der Waals surface area (Å²) in [5.74, 6) is 0. The molecule has 0 spiro atoms. The number of nitriles is 1. The van der Waals surface area contributed by atoms with Gasteiger partial charge in [0.2, 0.25) is 0 Å². The van der Waals surface area contributed by atoms with E-state index in [4.69, 9.17) is 0 Å². The number of nitrogens with zero attached hydrogens (tertiary/aromatic N) is 3. The van der Waals surface area contributed by atoms with Gasteiger partial charge in [0.05, 0.1) is 11.5 Å². The Hall–Kier alpha value is -0.990. The van der Waals surface area contributed by atoms with Crippen LogP contribution in [0.3, 0.4) is 0 Å². The van der Waals surface area contributed by atoms with Crippen molar-refractivity contribution in [2.24, 2.45) is 0 Å². The first-order chi connectivity index (χ1) is 9.05. The molecule has 2 aliphatic rings. The number of fused-ring (bicyclic) bond motifs is 2. The standard InChI is InChI=1S/C14H15BrFN3/c1-19-11-3-12(16)13(19)5-14(4-11,8-17)9-2-10(15)7-18-6-9/h2,6-7,11-13H,3-5H2,1H3. The third kappa shape index (κ3) is 1.98. The molecule has 19 heavy (non-hydrogen) atoms. The first kappa shape index (κ1) is 13.0. The Labute approximate surface area is 120 Å². The van der Waals surface area contributed by atoms with Crippen molar-refractivity contribution in [2.45, 2.75) is 42.9 Å². The number of pyridine rings is 1. The largest absolute Gasteiger partial charge is 0.297 e. The van der Waals surface area contributed by atoms with E-state index in [1.807, 2.05) is 13.1 Å². The molecular formula is C14H15BrFN3. The van der Waals surface area contributed by atoms with Crippen LogP contribution in [0.1, 0.15) is 24.8 Å². The lowest BCUT2D eigenvalue weighted by molar-refractivity contribution is 0.114. The summed E-state index contributed by atoms with van der Waals surface area (Å²) < 4.78 is 14.9. The lowest BCUT2D eigenvalue weighted by Gasteiger charge is -2.41. The molecule has 0 N–H and O–H groups in total. The second-order valence-electron chi connectivity index (χ2n) is 5.63. The zero-order chi connectivity index (χ0) is 13.6. The van der Waals surface area contributed by atoms with Gasteiger partial charge < -0.3 is 0 Å². The first-order valence-electron chi connectivity index (χ1n) is 6.44. The highest BCUT2D eigenvalue weighted by molar-refractivity contribution is 9.10. The van der Waals surface area contributed by atoms with E-state index in [0.29, 0.717) is 19.3 Å². The van der Waals surface area contributed by atoms with Crippen molar-refractivity contribution in [3.63, 3.8) is 0 Å². The van der Waals surface area contributed by atoms with Crippen LogP contribution in [0.15, 0.2) is 22.9 Å². The molecule has 5 heteroatoms. The van der Waals surface area contributed by atoms with Crippen LogP contribution in [0.4, 0.5) is 4.39 Å². The summed E-state index contributed by atoms with van der Waals surface area (Å²) in [7, 11) is 1.97. The monoisotopic (exact) mass is 323 g/mol. The Kier molecular flexibility index (Phi) is 3.11. The van der Waals surface area contributed by atoms with Crippen LogP contribution in [-0.4, -0.2) is 35.2 Å². The maximum atomic E-state index is 14.0. The normalized spacial score (nSPS) is 38.1. The molecular weight excluding hydrogens is 309 g/mol.